The molecule has 0 spiro atoms. The molecule has 0 radical (unpaired) electrons. The highest BCUT2D eigenvalue weighted by atomic mass is 79.9. The van der Waals surface area contributed by atoms with Crippen molar-refractivity contribution in [3.8, 4) is 5.75 Å². The van der Waals surface area contributed by atoms with E-state index in [9.17, 15) is 15.3 Å². The van der Waals surface area contributed by atoms with Crippen LogP contribution in [0.1, 0.15) is 36.1 Å². The number of nitrogens with zero attached hydrogens (tertiary/aromatic N) is 3. The van der Waals surface area contributed by atoms with Crippen molar-refractivity contribution in [3.05, 3.63) is 86.8 Å². The van der Waals surface area contributed by atoms with Gasteiger partial charge in [-0.2, -0.15) is 0 Å². The minimum atomic E-state index is -0.817. The molecule has 3 aromatic rings. The molecule has 0 amide bonds. The van der Waals surface area contributed by atoms with Gasteiger partial charge < -0.3 is 15.3 Å². The fourth-order valence-corrected chi connectivity index (χ4v) is 4.10. The summed E-state index contributed by atoms with van der Waals surface area (Å²) in [7, 11) is 0. The van der Waals surface area contributed by atoms with Crippen LogP contribution >= 0.6 is 31.9 Å². The number of hydrogen-bond acceptors (Lipinski definition) is 6. The molecule has 2 heterocycles. The molecule has 0 aliphatic carbocycles. The van der Waals surface area contributed by atoms with Gasteiger partial charge in [0.2, 0.25) is 0 Å². The average molecular weight is 551 g/mol. The molecule has 6 nitrogen and oxygen atoms in total. The number of phenols is 1. The molecule has 0 fully saturated rings. The molecule has 2 aromatic heterocycles. The first-order valence-corrected chi connectivity index (χ1v) is 11.5. The topological polar surface area (TPSA) is 89.7 Å². The molecule has 164 valence electrons. The first kappa shape index (κ1) is 23.8. The summed E-state index contributed by atoms with van der Waals surface area (Å²) in [6.07, 6.45) is -0.942. The number of pyridine rings is 2. The number of phenolic OH excluding ortho intramolecular Hbond substituents is 1. The van der Waals surface area contributed by atoms with Crippen molar-refractivity contribution in [3.63, 3.8) is 0 Å². The molecule has 0 aliphatic heterocycles. The van der Waals surface area contributed by atoms with E-state index in [1.807, 2.05) is 41.3 Å². The maximum Gasteiger partial charge on any atom is 0.115 e. The Labute approximate surface area is 198 Å². The maximum atomic E-state index is 10.8. The van der Waals surface area contributed by atoms with Crippen LogP contribution in [-0.4, -0.2) is 49.3 Å². The highest BCUT2D eigenvalue weighted by Gasteiger charge is 2.24. The molecule has 0 saturated carbocycles. The van der Waals surface area contributed by atoms with Gasteiger partial charge in [-0.25, -0.2) is 9.97 Å². The van der Waals surface area contributed by atoms with E-state index in [1.54, 1.807) is 24.3 Å². The van der Waals surface area contributed by atoms with Crippen molar-refractivity contribution in [2.75, 3.05) is 13.1 Å². The standard InChI is InChI=1S/C23H25Br2N3O3/c1-15(12-16-8-10-17(29)11-9-16)28(13-20(30)18-4-2-6-22(24)26-18)14-21(31)19-5-3-7-23(25)27-19/h2-11,15,20-21,29-31H,12-14H2,1H3/t15-,20?,21?/m1/s1. The Morgan fingerprint density at radius 2 is 1.29 bits per heavy atom. The lowest BCUT2D eigenvalue weighted by Crippen LogP contribution is -2.40. The molecule has 3 N–H and O–H groups in total. The van der Waals surface area contributed by atoms with Crippen LogP contribution in [0.2, 0.25) is 0 Å². The van der Waals surface area contributed by atoms with Crippen molar-refractivity contribution in [1.29, 1.82) is 0 Å². The lowest BCUT2D eigenvalue weighted by atomic mass is 10.0. The average Bonchev–Trinajstić information content (AvgIpc) is 2.74. The van der Waals surface area contributed by atoms with E-state index in [1.165, 1.54) is 0 Å². The summed E-state index contributed by atoms with van der Waals surface area (Å²) in [6.45, 7) is 2.65. The van der Waals surface area contributed by atoms with Crippen LogP contribution in [0.15, 0.2) is 69.9 Å². The molecule has 31 heavy (non-hydrogen) atoms. The summed E-state index contributed by atoms with van der Waals surface area (Å²) in [5, 5.41) is 31.2. The fraction of sp³-hybridized carbons (Fsp3) is 0.304. The first-order valence-electron chi connectivity index (χ1n) is 9.95. The summed E-state index contributed by atoms with van der Waals surface area (Å²) in [5.74, 6) is 0.223. The van der Waals surface area contributed by atoms with Gasteiger partial charge in [0.05, 0.1) is 11.4 Å². The second kappa shape index (κ2) is 11.2. The second-order valence-electron chi connectivity index (χ2n) is 7.48. The molecule has 0 saturated heterocycles. The Kier molecular flexibility index (Phi) is 8.57. The Bertz CT molecular complexity index is 934. The summed E-state index contributed by atoms with van der Waals surface area (Å²) in [5.41, 5.74) is 2.18. The number of aromatic hydroxyl groups is 1. The van der Waals surface area contributed by atoms with E-state index in [0.717, 1.165) is 5.56 Å². The minimum absolute atomic E-state index is 0.00755. The van der Waals surface area contributed by atoms with Gasteiger partial charge in [-0.15, -0.1) is 0 Å². The van der Waals surface area contributed by atoms with Crippen LogP contribution in [0.5, 0.6) is 5.75 Å². The summed E-state index contributed by atoms with van der Waals surface area (Å²) in [4.78, 5) is 10.8. The molecular weight excluding hydrogens is 526 g/mol. The minimum Gasteiger partial charge on any atom is -0.508 e. The van der Waals surface area contributed by atoms with Crippen LogP contribution in [-0.2, 0) is 6.42 Å². The van der Waals surface area contributed by atoms with Crippen molar-refractivity contribution in [2.24, 2.45) is 0 Å². The van der Waals surface area contributed by atoms with Crippen molar-refractivity contribution < 1.29 is 15.3 Å². The number of aliphatic hydroxyl groups is 2. The Morgan fingerprint density at radius 1 is 0.806 bits per heavy atom. The number of rotatable bonds is 9. The predicted octanol–water partition coefficient (Wildman–Crippen LogP) is 4.41. The fourth-order valence-electron chi connectivity index (χ4n) is 3.39. The monoisotopic (exact) mass is 549 g/mol. The highest BCUT2D eigenvalue weighted by molar-refractivity contribution is 9.10. The van der Waals surface area contributed by atoms with Crippen LogP contribution < -0.4 is 0 Å². The van der Waals surface area contributed by atoms with Gasteiger partial charge in [-0.05, 0) is 87.2 Å². The van der Waals surface area contributed by atoms with E-state index in [4.69, 9.17) is 0 Å². The smallest absolute Gasteiger partial charge is 0.115 e. The molecule has 2 unspecified atom stereocenters. The molecule has 3 atom stereocenters. The molecule has 0 aliphatic rings. The summed E-state index contributed by atoms with van der Waals surface area (Å²) >= 11 is 6.69. The van der Waals surface area contributed by atoms with Gasteiger partial charge in [0.15, 0.2) is 0 Å². The van der Waals surface area contributed by atoms with Gasteiger partial charge >= 0.3 is 0 Å². The lowest BCUT2D eigenvalue weighted by molar-refractivity contribution is 0.0451. The Balaban J connectivity index is 1.78. The summed E-state index contributed by atoms with van der Waals surface area (Å²) < 4.78 is 1.32. The Hall–Kier alpha value is -1.84. The van der Waals surface area contributed by atoms with Gasteiger partial charge in [-0.3, -0.25) is 4.90 Å². The molecule has 0 bridgehead atoms. The summed E-state index contributed by atoms with van der Waals surface area (Å²) in [6, 6.07) is 17.9. The Morgan fingerprint density at radius 3 is 1.74 bits per heavy atom. The van der Waals surface area contributed by atoms with Crippen LogP contribution in [0.3, 0.4) is 0 Å². The molecule has 8 heteroatoms. The van der Waals surface area contributed by atoms with Gasteiger partial charge in [0.1, 0.15) is 27.2 Å². The van der Waals surface area contributed by atoms with Crippen LogP contribution in [0, 0.1) is 0 Å². The van der Waals surface area contributed by atoms with Gasteiger partial charge in [0, 0.05) is 19.1 Å². The zero-order chi connectivity index (χ0) is 22.4. The second-order valence-corrected chi connectivity index (χ2v) is 9.10. The third-order valence-corrected chi connectivity index (χ3v) is 5.95. The third kappa shape index (κ3) is 7.08. The number of aromatic nitrogens is 2. The largest absolute Gasteiger partial charge is 0.508 e. The van der Waals surface area contributed by atoms with Crippen LogP contribution in [0.25, 0.3) is 0 Å². The van der Waals surface area contributed by atoms with Gasteiger partial charge in [0.25, 0.3) is 0 Å². The normalized spacial score (nSPS) is 14.4. The van der Waals surface area contributed by atoms with Crippen molar-refractivity contribution >= 4 is 31.9 Å². The first-order chi connectivity index (χ1) is 14.8. The molecule has 3 rings (SSSR count). The van der Waals surface area contributed by atoms with E-state index in [-0.39, 0.29) is 11.8 Å². The quantitative estimate of drug-likeness (QED) is 0.342. The number of hydrogen-bond donors (Lipinski definition) is 3. The van der Waals surface area contributed by atoms with Crippen molar-refractivity contribution in [1.82, 2.24) is 14.9 Å². The van der Waals surface area contributed by atoms with E-state index >= 15 is 0 Å². The van der Waals surface area contributed by atoms with Crippen LogP contribution in [0.4, 0.5) is 0 Å². The zero-order valence-corrected chi connectivity index (χ0v) is 20.2. The maximum absolute atomic E-state index is 10.8. The molecular formula is C23H25Br2N3O3. The highest BCUT2D eigenvalue weighted by Crippen LogP contribution is 2.22. The van der Waals surface area contributed by atoms with E-state index < -0.39 is 12.2 Å². The van der Waals surface area contributed by atoms with Gasteiger partial charge in [-0.1, -0.05) is 24.3 Å². The third-order valence-electron chi connectivity index (χ3n) is 5.06. The SMILES string of the molecule is C[C@H](Cc1ccc(O)cc1)N(CC(O)c1cccc(Br)n1)CC(O)c1cccc(Br)n1. The zero-order valence-electron chi connectivity index (χ0n) is 17.1. The van der Waals surface area contributed by atoms with Crippen molar-refractivity contribution in [2.45, 2.75) is 31.6 Å². The number of halogens is 2. The van der Waals surface area contributed by atoms with E-state index in [2.05, 4.69) is 48.8 Å². The molecule has 1 aromatic carbocycles. The number of aliphatic hydroxyl groups excluding tert-OH is 2. The van der Waals surface area contributed by atoms with E-state index in [0.29, 0.717) is 40.1 Å². The lowest BCUT2D eigenvalue weighted by Gasteiger charge is -2.32. The predicted molar refractivity (Wildman–Crippen MR) is 127 cm³/mol. The number of benzene rings is 1.